The van der Waals surface area contributed by atoms with Crippen LogP contribution in [0.3, 0.4) is 0 Å². The number of aliphatic hydroxyl groups excluding tert-OH is 2. The minimum absolute atomic E-state index is 0.0461. The second kappa shape index (κ2) is 5.11. The van der Waals surface area contributed by atoms with E-state index in [1.165, 1.54) is 9.80 Å². The number of β-amino-alcohol motifs (C(OH)–C–C–N with tert-alkyl or cyclic N) is 1. The van der Waals surface area contributed by atoms with E-state index in [4.69, 9.17) is 5.11 Å². The van der Waals surface area contributed by atoms with Gasteiger partial charge in [0.2, 0.25) is 0 Å². The highest BCUT2D eigenvalue weighted by molar-refractivity contribution is 5.83. The first-order chi connectivity index (χ1) is 8.54. The molecule has 2 aliphatic rings. The van der Waals surface area contributed by atoms with Gasteiger partial charge >= 0.3 is 12.0 Å². The number of carbonyl (C=O) groups excluding carboxylic acids is 1. The van der Waals surface area contributed by atoms with Crippen LogP contribution >= 0.6 is 0 Å². The van der Waals surface area contributed by atoms with Crippen LogP contribution in [-0.4, -0.2) is 75.0 Å². The summed E-state index contributed by atoms with van der Waals surface area (Å²) in [6, 6.07) is -1.59. The molecule has 0 bridgehead atoms. The van der Waals surface area contributed by atoms with E-state index in [0.29, 0.717) is 6.54 Å². The predicted octanol–water partition coefficient (Wildman–Crippen LogP) is -0.917. The first-order valence-electron chi connectivity index (χ1n) is 6.13. The summed E-state index contributed by atoms with van der Waals surface area (Å²) in [5.74, 6) is -1.10. The van der Waals surface area contributed by atoms with E-state index in [-0.39, 0.29) is 25.6 Å². The molecule has 2 saturated heterocycles. The van der Waals surface area contributed by atoms with Crippen molar-refractivity contribution in [3.63, 3.8) is 0 Å². The highest BCUT2D eigenvalue weighted by Gasteiger charge is 2.42. The molecule has 3 atom stereocenters. The van der Waals surface area contributed by atoms with Crippen LogP contribution in [0, 0.1) is 0 Å². The lowest BCUT2D eigenvalue weighted by atomic mass is 10.2. The molecule has 2 heterocycles. The van der Waals surface area contributed by atoms with Gasteiger partial charge in [-0.05, 0) is 12.8 Å². The number of carboxylic acids is 1. The molecule has 7 heteroatoms. The Hall–Kier alpha value is -1.34. The van der Waals surface area contributed by atoms with Crippen LogP contribution in [0.25, 0.3) is 0 Å². The minimum atomic E-state index is -1.10. The summed E-state index contributed by atoms with van der Waals surface area (Å²) < 4.78 is 0. The van der Waals surface area contributed by atoms with E-state index in [9.17, 15) is 19.8 Å². The molecule has 0 aromatic carbocycles. The number of nitrogens with zero attached hydrogens (tertiary/aromatic N) is 2. The average molecular weight is 258 g/mol. The van der Waals surface area contributed by atoms with Crippen LogP contribution in [-0.2, 0) is 4.79 Å². The third-order valence-corrected chi connectivity index (χ3v) is 3.64. The van der Waals surface area contributed by atoms with Crippen LogP contribution in [0.1, 0.15) is 19.3 Å². The molecule has 3 N–H and O–H groups in total. The monoisotopic (exact) mass is 258 g/mol. The Morgan fingerprint density at radius 2 is 2.00 bits per heavy atom. The second-order valence-electron chi connectivity index (χ2n) is 4.85. The maximum atomic E-state index is 12.2. The van der Waals surface area contributed by atoms with Crippen molar-refractivity contribution in [2.45, 2.75) is 37.5 Å². The maximum Gasteiger partial charge on any atom is 0.326 e. The Bertz CT molecular complexity index is 348. The SMILES string of the molecule is O=C(O)[C@@H]1C[C@@H](O)CN1C(=O)N1CCCC1CO. The van der Waals surface area contributed by atoms with E-state index >= 15 is 0 Å². The Kier molecular flexibility index (Phi) is 3.72. The molecule has 2 fully saturated rings. The summed E-state index contributed by atoms with van der Waals surface area (Å²) in [5.41, 5.74) is 0. The normalized spacial score (nSPS) is 32.0. The molecule has 0 saturated carbocycles. The molecule has 0 radical (unpaired) electrons. The highest BCUT2D eigenvalue weighted by atomic mass is 16.4. The van der Waals surface area contributed by atoms with Crippen molar-refractivity contribution < 1.29 is 24.9 Å². The predicted molar refractivity (Wildman–Crippen MR) is 61.0 cm³/mol. The number of carboxylic acid groups (broad SMARTS) is 1. The number of urea groups is 1. The van der Waals surface area contributed by atoms with Crippen molar-refractivity contribution in [3.05, 3.63) is 0 Å². The smallest absolute Gasteiger partial charge is 0.326 e. The van der Waals surface area contributed by atoms with Gasteiger partial charge in [-0.1, -0.05) is 0 Å². The number of hydrogen-bond donors (Lipinski definition) is 3. The number of aliphatic hydroxyl groups is 2. The zero-order valence-electron chi connectivity index (χ0n) is 10.0. The minimum Gasteiger partial charge on any atom is -0.480 e. The third kappa shape index (κ3) is 2.28. The quantitative estimate of drug-likeness (QED) is 0.595. The van der Waals surface area contributed by atoms with Crippen LogP contribution in [0.5, 0.6) is 0 Å². The van der Waals surface area contributed by atoms with E-state index in [1.807, 2.05) is 0 Å². The standard InChI is InChI=1S/C11H18N2O5/c14-6-7-2-1-3-12(7)11(18)13-5-8(15)4-9(13)10(16)17/h7-9,14-15H,1-6H2,(H,16,17)/t7?,8-,9+/m1/s1. The van der Waals surface area contributed by atoms with Crippen molar-refractivity contribution in [2.24, 2.45) is 0 Å². The molecule has 102 valence electrons. The molecule has 0 aliphatic carbocycles. The molecule has 0 aromatic heterocycles. The van der Waals surface area contributed by atoms with E-state index in [2.05, 4.69) is 0 Å². The van der Waals surface area contributed by atoms with Gasteiger partial charge in [0.15, 0.2) is 0 Å². The molecule has 2 aliphatic heterocycles. The number of likely N-dealkylation sites (tertiary alicyclic amines) is 2. The van der Waals surface area contributed by atoms with Crippen LogP contribution in [0.15, 0.2) is 0 Å². The molecule has 7 nitrogen and oxygen atoms in total. The van der Waals surface area contributed by atoms with Gasteiger partial charge in [0.25, 0.3) is 0 Å². The molecular weight excluding hydrogens is 240 g/mol. The molecule has 0 aromatic rings. The highest BCUT2D eigenvalue weighted by Crippen LogP contribution is 2.24. The molecule has 2 amide bonds. The Labute approximate surface area is 105 Å². The lowest BCUT2D eigenvalue weighted by molar-refractivity contribution is -0.141. The van der Waals surface area contributed by atoms with E-state index in [0.717, 1.165) is 12.8 Å². The van der Waals surface area contributed by atoms with Gasteiger partial charge < -0.3 is 25.1 Å². The van der Waals surface area contributed by atoms with Crippen molar-refractivity contribution in [1.82, 2.24) is 9.80 Å². The molecule has 0 spiro atoms. The van der Waals surface area contributed by atoms with Gasteiger partial charge in [0.1, 0.15) is 6.04 Å². The van der Waals surface area contributed by atoms with Crippen LogP contribution < -0.4 is 0 Å². The first-order valence-corrected chi connectivity index (χ1v) is 6.13. The average Bonchev–Trinajstić information content (AvgIpc) is 2.93. The van der Waals surface area contributed by atoms with Gasteiger partial charge in [-0.3, -0.25) is 0 Å². The number of carbonyl (C=O) groups is 2. The lowest BCUT2D eigenvalue weighted by Gasteiger charge is -2.30. The fourth-order valence-electron chi connectivity index (χ4n) is 2.70. The largest absolute Gasteiger partial charge is 0.480 e. The Morgan fingerprint density at radius 1 is 1.28 bits per heavy atom. The molecule has 2 rings (SSSR count). The zero-order chi connectivity index (χ0) is 13.3. The first kappa shape index (κ1) is 13.1. The van der Waals surface area contributed by atoms with Crippen LogP contribution in [0.4, 0.5) is 4.79 Å². The molecule has 1 unspecified atom stereocenters. The Morgan fingerprint density at radius 3 is 2.61 bits per heavy atom. The molecular formula is C11H18N2O5. The summed E-state index contributed by atoms with van der Waals surface area (Å²) in [4.78, 5) is 26.0. The van der Waals surface area contributed by atoms with Crippen molar-refractivity contribution in [1.29, 1.82) is 0 Å². The lowest BCUT2D eigenvalue weighted by Crippen LogP contribution is -2.50. The van der Waals surface area contributed by atoms with E-state index in [1.54, 1.807) is 0 Å². The summed E-state index contributed by atoms with van der Waals surface area (Å²) in [7, 11) is 0. The van der Waals surface area contributed by atoms with Gasteiger partial charge in [-0.2, -0.15) is 0 Å². The summed E-state index contributed by atoms with van der Waals surface area (Å²) in [6.07, 6.45) is 0.824. The topological polar surface area (TPSA) is 101 Å². The van der Waals surface area contributed by atoms with Gasteiger partial charge in [-0.15, -0.1) is 0 Å². The fourth-order valence-corrected chi connectivity index (χ4v) is 2.70. The van der Waals surface area contributed by atoms with Gasteiger partial charge in [0, 0.05) is 19.5 Å². The summed E-state index contributed by atoms with van der Waals surface area (Å²) in [6.45, 7) is 0.466. The van der Waals surface area contributed by atoms with Crippen molar-refractivity contribution in [2.75, 3.05) is 19.7 Å². The van der Waals surface area contributed by atoms with Gasteiger partial charge in [0.05, 0.1) is 18.8 Å². The van der Waals surface area contributed by atoms with Crippen molar-refractivity contribution in [3.8, 4) is 0 Å². The maximum absolute atomic E-state index is 12.2. The number of amides is 2. The summed E-state index contributed by atoms with van der Waals surface area (Å²) in [5, 5.41) is 27.7. The van der Waals surface area contributed by atoms with Crippen LogP contribution in [0.2, 0.25) is 0 Å². The van der Waals surface area contributed by atoms with Crippen molar-refractivity contribution >= 4 is 12.0 Å². The number of rotatable bonds is 2. The fraction of sp³-hybridized carbons (Fsp3) is 0.818. The number of hydrogen-bond acceptors (Lipinski definition) is 4. The number of aliphatic carboxylic acids is 1. The van der Waals surface area contributed by atoms with E-state index < -0.39 is 24.1 Å². The second-order valence-corrected chi connectivity index (χ2v) is 4.85. The third-order valence-electron chi connectivity index (χ3n) is 3.64. The zero-order valence-corrected chi connectivity index (χ0v) is 10.0. The summed E-state index contributed by atoms with van der Waals surface area (Å²) >= 11 is 0. The van der Waals surface area contributed by atoms with Gasteiger partial charge in [-0.25, -0.2) is 9.59 Å². The Balaban J connectivity index is 2.10. The molecule has 18 heavy (non-hydrogen) atoms.